The molecule has 2 aromatic rings. The van der Waals surface area contributed by atoms with Crippen LogP contribution in [0.3, 0.4) is 0 Å². The third-order valence-electron chi connectivity index (χ3n) is 5.17. The van der Waals surface area contributed by atoms with Gasteiger partial charge >= 0.3 is 0 Å². The van der Waals surface area contributed by atoms with E-state index in [0.29, 0.717) is 22.8 Å². The number of Topliss-reactive ketones (excluding diaryl/α,β-unsaturated/α-hetero) is 1. The third kappa shape index (κ3) is 4.06. The van der Waals surface area contributed by atoms with Crippen LogP contribution in [-0.4, -0.2) is 63.3 Å². The normalized spacial score (nSPS) is 17.7. The molecule has 1 saturated heterocycles. The number of methoxy groups -OCH3 is 4. The number of rotatable bonds is 8. The topological polar surface area (TPSA) is 94.5 Å². The molecule has 1 atom stereocenters. The number of ether oxygens (including phenoxy) is 4. The fourth-order valence-electron chi connectivity index (χ4n) is 3.66. The number of nitrogens with zero attached hydrogens (tertiary/aromatic N) is 1. The van der Waals surface area contributed by atoms with Gasteiger partial charge in [-0.2, -0.15) is 0 Å². The average molecular weight is 427 g/mol. The Morgan fingerprint density at radius 1 is 0.968 bits per heavy atom. The van der Waals surface area contributed by atoms with Crippen LogP contribution >= 0.6 is 0 Å². The molecular weight excluding hydrogens is 402 g/mol. The van der Waals surface area contributed by atoms with Crippen molar-refractivity contribution in [3.05, 3.63) is 59.2 Å². The summed E-state index contributed by atoms with van der Waals surface area (Å²) in [6.07, 6.45) is 0. The van der Waals surface area contributed by atoms with Crippen LogP contribution in [0.5, 0.6) is 17.2 Å². The van der Waals surface area contributed by atoms with Crippen molar-refractivity contribution in [3.63, 3.8) is 0 Å². The molecule has 0 radical (unpaired) electrons. The lowest BCUT2D eigenvalue weighted by atomic mass is 9.94. The SMILES string of the molecule is COCCN1C(=O)C(=O)/C(=C(/O)c2cc(OC)ccc2OC)C1c1ccccc1OC. The molecule has 1 unspecified atom stereocenters. The summed E-state index contributed by atoms with van der Waals surface area (Å²) in [7, 11) is 5.96. The number of aliphatic hydroxyl groups excluding tert-OH is 1. The minimum atomic E-state index is -0.859. The Morgan fingerprint density at radius 3 is 2.32 bits per heavy atom. The summed E-state index contributed by atoms with van der Waals surface area (Å²) in [6.45, 7) is 0.386. The number of hydrogen-bond acceptors (Lipinski definition) is 7. The first-order valence-electron chi connectivity index (χ1n) is 9.61. The van der Waals surface area contributed by atoms with Crippen molar-refractivity contribution in [2.45, 2.75) is 6.04 Å². The summed E-state index contributed by atoms with van der Waals surface area (Å²) >= 11 is 0. The number of likely N-dealkylation sites (tertiary alicyclic amines) is 1. The maximum Gasteiger partial charge on any atom is 0.295 e. The van der Waals surface area contributed by atoms with E-state index in [0.717, 1.165) is 0 Å². The molecule has 0 saturated carbocycles. The van der Waals surface area contributed by atoms with Crippen molar-refractivity contribution in [2.24, 2.45) is 0 Å². The first-order valence-corrected chi connectivity index (χ1v) is 9.61. The van der Waals surface area contributed by atoms with Crippen LogP contribution in [0.2, 0.25) is 0 Å². The zero-order chi connectivity index (χ0) is 22.5. The number of para-hydroxylation sites is 1. The van der Waals surface area contributed by atoms with Gasteiger partial charge in [-0.15, -0.1) is 0 Å². The van der Waals surface area contributed by atoms with Gasteiger partial charge in [-0.05, 0) is 24.3 Å². The molecule has 1 aliphatic heterocycles. The van der Waals surface area contributed by atoms with Crippen LogP contribution in [0.1, 0.15) is 17.2 Å². The van der Waals surface area contributed by atoms with E-state index in [1.807, 2.05) is 0 Å². The molecule has 3 rings (SSSR count). The maximum atomic E-state index is 13.1. The molecule has 0 spiro atoms. The van der Waals surface area contributed by atoms with E-state index in [-0.39, 0.29) is 30.0 Å². The number of benzene rings is 2. The summed E-state index contributed by atoms with van der Waals surface area (Å²) in [6, 6.07) is 11.0. The highest BCUT2D eigenvalue weighted by Gasteiger charge is 2.47. The van der Waals surface area contributed by atoms with Crippen LogP contribution in [0, 0.1) is 0 Å². The molecule has 1 heterocycles. The third-order valence-corrected chi connectivity index (χ3v) is 5.17. The fourth-order valence-corrected chi connectivity index (χ4v) is 3.66. The largest absolute Gasteiger partial charge is 0.507 e. The Labute approximate surface area is 180 Å². The smallest absolute Gasteiger partial charge is 0.295 e. The Hall–Kier alpha value is -3.52. The van der Waals surface area contributed by atoms with Crippen molar-refractivity contribution in [1.29, 1.82) is 0 Å². The Balaban J connectivity index is 2.27. The number of hydrogen-bond donors (Lipinski definition) is 1. The summed E-state index contributed by atoms with van der Waals surface area (Å²) in [5, 5.41) is 11.3. The number of amides is 1. The first kappa shape index (κ1) is 22.2. The van der Waals surface area contributed by atoms with Gasteiger partial charge in [0, 0.05) is 19.2 Å². The van der Waals surface area contributed by atoms with Crippen molar-refractivity contribution in [1.82, 2.24) is 4.90 Å². The summed E-state index contributed by atoms with van der Waals surface area (Å²) in [5.74, 6) is -0.596. The van der Waals surface area contributed by atoms with Gasteiger partial charge in [-0.25, -0.2) is 0 Å². The lowest BCUT2D eigenvalue weighted by Crippen LogP contribution is -2.32. The molecule has 8 nitrogen and oxygen atoms in total. The lowest BCUT2D eigenvalue weighted by Gasteiger charge is -2.26. The zero-order valence-electron chi connectivity index (χ0n) is 17.9. The van der Waals surface area contributed by atoms with Gasteiger partial charge in [-0.3, -0.25) is 9.59 Å². The molecular formula is C23H25NO7. The van der Waals surface area contributed by atoms with Crippen LogP contribution in [-0.2, 0) is 14.3 Å². The number of aliphatic hydroxyl groups is 1. The first-order chi connectivity index (χ1) is 15.0. The van der Waals surface area contributed by atoms with Crippen LogP contribution < -0.4 is 14.2 Å². The molecule has 31 heavy (non-hydrogen) atoms. The Kier molecular flexibility index (Phi) is 6.81. The monoisotopic (exact) mass is 427 g/mol. The Morgan fingerprint density at radius 2 is 1.68 bits per heavy atom. The lowest BCUT2D eigenvalue weighted by molar-refractivity contribution is -0.140. The number of carbonyl (C=O) groups excluding carboxylic acids is 2. The highest BCUT2D eigenvalue weighted by Crippen LogP contribution is 2.43. The summed E-state index contributed by atoms with van der Waals surface area (Å²) in [5.41, 5.74) is 0.757. The van der Waals surface area contributed by atoms with Gasteiger partial charge < -0.3 is 29.0 Å². The fraction of sp³-hybridized carbons (Fsp3) is 0.304. The second-order valence-electron chi connectivity index (χ2n) is 6.79. The molecule has 1 fully saturated rings. The molecule has 164 valence electrons. The molecule has 0 aromatic heterocycles. The molecule has 8 heteroatoms. The quantitative estimate of drug-likeness (QED) is 0.393. The minimum Gasteiger partial charge on any atom is -0.507 e. The summed E-state index contributed by atoms with van der Waals surface area (Å²) < 4.78 is 21.2. The standard InChI is InChI=1S/C23H25NO7/c1-28-12-11-24-20(15-7-5-6-8-17(15)30-3)19(22(26)23(24)27)21(25)16-13-14(29-2)9-10-18(16)31-4/h5-10,13,20,25H,11-12H2,1-4H3/b21-19+. The van der Waals surface area contributed by atoms with E-state index in [4.69, 9.17) is 18.9 Å². The van der Waals surface area contributed by atoms with E-state index in [9.17, 15) is 14.7 Å². The van der Waals surface area contributed by atoms with Gasteiger partial charge in [0.05, 0.1) is 45.1 Å². The van der Waals surface area contributed by atoms with Crippen molar-refractivity contribution in [2.75, 3.05) is 41.6 Å². The molecule has 0 bridgehead atoms. The molecule has 1 N–H and O–H groups in total. The minimum absolute atomic E-state index is 0.0582. The average Bonchev–Trinajstić information content (AvgIpc) is 3.06. The summed E-state index contributed by atoms with van der Waals surface area (Å²) in [4.78, 5) is 27.3. The van der Waals surface area contributed by atoms with Crippen LogP contribution in [0.4, 0.5) is 0 Å². The van der Waals surface area contributed by atoms with Crippen molar-refractivity contribution < 1.29 is 33.6 Å². The van der Waals surface area contributed by atoms with E-state index < -0.39 is 17.7 Å². The van der Waals surface area contributed by atoms with E-state index in [1.165, 1.54) is 33.3 Å². The van der Waals surface area contributed by atoms with E-state index in [1.54, 1.807) is 42.5 Å². The number of ketones is 1. The van der Waals surface area contributed by atoms with Gasteiger partial charge in [0.25, 0.3) is 11.7 Å². The Bertz CT molecular complexity index is 1010. The second kappa shape index (κ2) is 9.53. The second-order valence-corrected chi connectivity index (χ2v) is 6.79. The van der Waals surface area contributed by atoms with Crippen LogP contribution in [0.15, 0.2) is 48.0 Å². The van der Waals surface area contributed by atoms with E-state index in [2.05, 4.69) is 0 Å². The zero-order valence-corrected chi connectivity index (χ0v) is 17.9. The van der Waals surface area contributed by atoms with Gasteiger partial charge in [0.15, 0.2) is 0 Å². The maximum absolute atomic E-state index is 13.1. The molecule has 0 aliphatic carbocycles. The van der Waals surface area contributed by atoms with Gasteiger partial charge in [0.1, 0.15) is 23.0 Å². The highest BCUT2D eigenvalue weighted by atomic mass is 16.5. The van der Waals surface area contributed by atoms with E-state index >= 15 is 0 Å². The van der Waals surface area contributed by atoms with Gasteiger partial charge in [0.2, 0.25) is 0 Å². The molecule has 1 amide bonds. The predicted octanol–water partition coefficient (Wildman–Crippen LogP) is 2.78. The number of carbonyl (C=O) groups is 2. The molecule has 2 aromatic carbocycles. The van der Waals surface area contributed by atoms with Crippen molar-refractivity contribution >= 4 is 17.4 Å². The predicted molar refractivity (Wildman–Crippen MR) is 113 cm³/mol. The molecule has 1 aliphatic rings. The van der Waals surface area contributed by atoms with Crippen LogP contribution in [0.25, 0.3) is 5.76 Å². The van der Waals surface area contributed by atoms with Crippen molar-refractivity contribution in [3.8, 4) is 17.2 Å². The highest BCUT2D eigenvalue weighted by molar-refractivity contribution is 6.46. The van der Waals surface area contributed by atoms with Gasteiger partial charge in [-0.1, -0.05) is 18.2 Å².